The molecule has 4 heteroatoms. The fourth-order valence-electron chi connectivity index (χ4n) is 3.78. The van der Waals surface area contributed by atoms with E-state index in [0.29, 0.717) is 23.8 Å². The van der Waals surface area contributed by atoms with Crippen LogP contribution in [0.2, 0.25) is 0 Å². The number of rotatable bonds is 3. The molecular weight excluding hydrogens is 248 g/mol. The summed E-state index contributed by atoms with van der Waals surface area (Å²) in [5.74, 6) is 1.84. The van der Waals surface area contributed by atoms with Crippen molar-refractivity contribution in [3.63, 3.8) is 0 Å². The summed E-state index contributed by atoms with van der Waals surface area (Å²) in [7, 11) is 0. The molecule has 2 N–H and O–H groups in total. The lowest BCUT2D eigenvalue weighted by Gasteiger charge is -2.44. The summed E-state index contributed by atoms with van der Waals surface area (Å²) in [6.07, 6.45) is 5.86. The van der Waals surface area contributed by atoms with E-state index in [4.69, 9.17) is 5.73 Å². The molecule has 0 saturated heterocycles. The van der Waals surface area contributed by atoms with Crippen LogP contribution < -0.4 is 5.73 Å². The zero-order chi connectivity index (χ0) is 12.4. The Balaban J connectivity index is 0.00000162. The Morgan fingerprint density at radius 1 is 1.17 bits per heavy atom. The maximum Gasteiger partial charge on any atom is 0.225 e. The van der Waals surface area contributed by atoms with E-state index >= 15 is 0 Å². The highest BCUT2D eigenvalue weighted by molar-refractivity contribution is 5.85. The fourth-order valence-corrected chi connectivity index (χ4v) is 3.78. The highest BCUT2D eigenvalue weighted by atomic mass is 35.5. The van der Waals surface area contributed by atoms with E-state index < -0.39 is 0 Å². The summed E-state index contributed by atoms with van der Waals surface area (Å²) < 4.78 is 0. The molecule has 1 amide bonds. The summed E-state index contributed by atoms with van der Waals surface area (Å²) >= 11 is 0. The SMILES string of the molecule is CCN(CC)C(=O)C1CC2CCCC(C1)C2N.Cl. The predicted octanol–water partition coefficient (Wildman–Crippen LogP) is 2.43. The first-order valence-corrected chi connectivity index (χ1v) is 7.21. The lowest BCUT2D eigenvalue weighted by Crippen LogP contribution is -2.49. The van der Waals surface area contributed by atoms with Crippen molar-refractivity contribution >= 4 is 18.3 Å². The van der Waals surface area contributed by atoms with Crippen molar-refractivity contribution in [2.75, 3.05) is 13.1 Å². The maximum absolute atomic E-state index is 12.4. The van der Waals surface area contributed by atoms with E-state index in [2.05, 4.69) is 13.8 Å². The first kappa shape index (κ1) is 15.8. The molecule has 3 nitrogen and oxygen atoms in total. The minimum absolute atomic E-state index is 0. The average Bonchev–Trinajstić information content (AvgIpc) is 2.30. The first-order chi connectivity index (χ1) is 8.17. The number of amides is 1. The molecule has 106 valence electrons. The molecule has 2 aliphatic carbocycles. The molecule has 2 aliphatic rings. The molecule has 2 atom stereocenters. The highest BCUT2D eigenvalue weighted by Gasteiger charge is 2.41. The van der Waals surface area contributed by atoms with Gasteiger partial charge in [-0.25, -0.2) is 0 Å². The van der Waals surface area contributed by atoms with Gasteiger partial charge in [0.2, 0.25) is 5.91 Å². The van der Waals surface area contributed by atoms with Gasteiger partial charge in [0.1, 0.15) is 0 Å². The number of carbonyl (C=O) groups excluding carboxylic acids is 1. The standard InChI is InChI=1S/C14H26N2O.ClH/c1-3-16(4-2)14(17)12-8-10-6-5-7-11(9-12)13(10)15;/h10-13H,3-9,15H2,1-2H3;1H. The van der Waals surface area contributed by atoms with E-state index in [1.807, 2.05) is 4.90 Å². The van der Waals surface area contributed by atoms with Crippen molar-refractivity contribution in [2.45, 2.75) is 52.0 Å². The molecule has 0 aliphatic heterocycles. The van der Waals surface area contributed by atoms with Crippen molar-refractivity contribution in [3.8, 4) is 0 Å². The highest BCUT2D eigenvalue weighted by Crippen LogP contribution is 2.42. The molecule has 0 radical (unpaired) electrons. The number of hydrogen-bond acceptors (Lipinski definition) is 2. The van der Waals surface area contributed by atoms with Crippen LogP contribution in [0.3, 0.4) is 0 Å². The van der Waals surface area contributed by atoms with Gasteiger partial charge in [-0.3, -0.25) is 4.79 Å². The summed E-state index contributed by atoms with van der Waals surface area (Å²) in [5, 5.41) is 0. The summed E-state index contributed by atoms with van der Waals surface area (Å²) in [4.78, 5) is 14.4. The summed E-state index contributed by atoms with van der Waals surface area (Å²) in [6, 6.07) is 0.365. The van der Waals surface area contributed by atoms with Gasteiger partial charge in [0.25, 0.3) is 0 Å². The van der Waals surface area contributed by atoms with Crippen LogP contribution >= 0.6 is 12.4 Å². The van der Waals surface area contributed by atoms with Gasteiger partial charge >= 0.3 is 0 Å². The van der Waals surface area contributed by atoms with Crippen LogP contribution in [0.15, 0.2) is 0 Å². The lowest BCUT2D eigenvalue weighted by atomic mass is 9.65. The summed E-state index contributed by atoms with van der Waals surface area (Å²) in [5.41, 5.74) is 6.26. The molecule has 2 bridgehead atoms. The van der Waals surface area contributed by atoms with Gasteiger partial charge in [0.05, 0.1) is 0 Å². The molecule has 2 saturated carbocycles. The van der Waals surface area contributed by atoms with Gasteiger partial charge in [0, 0.05) is 25.0 Å². The number of nitrogens with zero attached hydrogens (tertiary/aromatic N) is 1. The first-order valence-electron chi connectivity index (χ1n) is 7.21. The molecule has 0 aromatic rings. The normalized spacial score (nSPS) is 34.6. The lowest BCUT2D eigenvalue weighted by molar-refractivity contribution is -0.138. The Labute approximate surface area is 117 Å². The van der Waals surface area contributed by atoms with Crippen molar-refractivity contribution in [2.24, 2.45) is 23.5 Å². The van der Waals surface area contributed by atoms with Crippen LogP contribution in [0.5, 0.6) is 0 Å². The Morgan fingerprint density at radius 2 is 1.67 bits per heavy atom. The Hall–Kier alpha value is -0.280. The van der Waals surface area contributed by atoms with Gasteiger partial charge in [-0.05, 0) is 51.4 Å². The van der Waals surface area contributed by atoms with E-state index in [1.54, 1.807) is 0 Å². The van der Waals surface area contributed by atoms with Crippen LogP contribution in [0, 0.1) is 17.8 Å². The molecule has 2 fully saturated rings. The largest absolute Gasteiger partial charge is 0.343 e. The molecule has 0 aromatic heterocycles. The molecule has 0 heterocycles. The van der Waals surface area contributed by atoms with Crippen molar-refractivity contribution in [1.82, 2.24) is 4.90 Å². The van der Waals surface area contributed by atoms with Gasteiger partial charge in [-0.15, -0.1) is 12.4 Å². The fraction of sp³-hybridized carbons (Fsp3) is 0.929. The molecule has 0 aromatic carbocycles. The second-order valence-corrected chi connectivity index (χ2v) is 5.71. The quantitative estimate of drug-likeness (QED) is 0.859. The van der Waals surface area contributed by atoms with Gasteiger partial charge in [-0.2, -0.15) is 0 Å². The molecular formula is C14H27ClN2O. The van der Waals surface area contributed by atoms with Crippen LogP contribution in [-0.4, -0.2) is 29.9 Å². The predicted molar refractivity (Wildman–Crippen MR) is 76.7 cm³/mol. The third-order valence-electron chi connectivity index (χ3n) is 4.84. The van der Waals surface area contributed by atoms with Gasteiger partial charge in [-0.1, -0.05) is 6.42 Å². The number of nitrogens with two attached hydrogens (primary N) is 1. The maximum atomic E-state index is 12.4. The number of fused-ring (bicyclic) bond motifs is 2. The van der Waals surface area contributed by atoms with E-state index in [1.165, 1.54) is 19.3 Å². The Morgan fingerprint density at radius 3 is 2.11 bits per heavy atom. The molecule has 0 spiro atoms. The minimum atomic E-state index is 0. The smallest absolute Gasteiger partial charge is 0.225 e. The Bertz CT molecular complexity index is 267. The topological polar surface area (TPSA) is 46.3 Å². The minimum Gasteiger partial charge on any atom is -0.343 e. The van der Waals surface area contributed by atoms with Crippen LogP contribution in [-0.2, 0) is 4.79 Å². The molecule has 2 unspecified atom stereocenters. The van der Waals surface area contributed by atoms with Crippen molar-refractivity contribution in [3.05, 3.63) is 0 Å². The van der Waals surface area contributed by atoms with Gasteiger partial charge < -0.3 is 10.6 Å². The van der Waals surface area contributed by atoms with E-state index in [0.717, 1.165) is 25.9 Å². The average molecular weight is 275 g/mol. The van der Waals surface area contributed by atoms with E-state index in [9.17, 15) is 4.79 Å². The van der Waals surface area contributed by atoms with Crippen molar-refractivity contribution in [1.29, 1.82) is 0 Å². The van der Waals surface area contributed by atoms with Crippen LogP contribution in [0.4, 0.5) is 0 Å². The zero-order valence-corrected chi connectivity index (χ0v) is 12.4. The van der Waals surface area contributed by atoms with E-state index in [-0.39, 0.29) is 18.3 Å². The van der Waals surface area contributed by atoms with Crippen LogP contribution in [0.25, 0.3) is 0 Å². The monoisotopic (exact) mass is 274 g/mol. The third-order valence-corrected chi connectivity index (χ3v) is 4.84. The zero-order valence-electron chi connectivity index (χ0n) is 11.6. The van der Waals surface area contributed by atoms with Gasteiger partial charge in [0.15, 0.2) is 0 Å². The number of halogens is 1. The number of carbonyl (C=O) groups is 1. The second-order valence-electron chi connectivity index (χ2n) is 5.71. The molecule has 18 heavy (non-hydrogen) atoms. The summed E-state index contributed by atoms with van der Waals surface area (Å²) in [6.45, 7) is 5.81. The number of hydrogen-bond donors (Lipinski definition) is 1. The van der Waals surface area contributed by atoms with Crippen molar-refractivity contribution < 1.29 is 4.79 Å². The molecule has 2 rings (SSSR count). The van der Waals surface area contributed by atoms with Crippen LogP contribution in [0.1, 0.15) is 46.0 Å². The second kappa shape index (κ2) is 6.76. The Kier molecular flexibility index (Phi) is 5.93. The third kappa shape index (κ3) is 3.00.